The Morgan fingerprint density at radius 2 is 2.40 bits per heavy atom. The van der Waals surface area contributed by atoms with Crippen molar-refractivity contribution in [2.75, 3.05) is 26.0 Å². The fourth-order valence-corrected chi connectivity index (χ4v) is 3.46. The highest BCUT2D eigenvalue weighted by Crippen LogP contribution is 2.26. The fraction of sp³-hybridized carbons (Fsp3) is 0.389. The van der Waals surface area contributed by atoms with Crippen LogP contribution in [0, 0.1) is 11.3 Å². The molecule has 1 amide bonds. The first-order chi connectivity index (χ1) is 12.2. The average Bonchev–Trinajstić information content (AvgIpc) is 3.17. The van der Waals surface area contributed by atoms with Crippen molar-refractivity contribution in [3.05, 3.63) is 29.8 Å². The molecule has 1 aliphatic rings. The molecule has 0 radical (unpaired) electrons. The summed E-state index contributed by atoms with van der Waals surface area (Å²) >= 11 is 1.27. The summed E-state index contributed by atoms with van der Waals surface area (Å²) in [4.78, 5) is 16.5. The van der Waals surface area contributed by atoms with Gasteiger partial charge in [-0.05, 0) is 37.1 Å². The van der Waals surface area contributed by atoms with Crippen molar-refractivity contribution in [2.45, 2.75) is 24.0 Å². The SMILES string of the molecule is COc1ccc2nc(SCC(=O)NC[C@@H]3CCCO3)c(C#N)cc2c1. The maximum Gasteiger partial charge on any atom is 0.230 e. The molecule has 1 atom stereocenters. The molecular formula is C18H19N3O3S. The molecule has 1 saturated heterocycles. The summed E-state index contributed by atoms with van der Waals surface area (Å²) in [7, 11) is 1.60. The van der Waals surface area contributed by atoms with Crippen molar-refractivity contribution in [1.82, 2.24) is 10.3 Å². The number of aromatic nitrogens is 1. The van der Waals surface area contributed by atoms with Gasteiger partial charge < -0.3 is 14.8 Å². The molecule has 1 N–H and O–H groups in total. The molecular weight excluding hydrogens is 338 g/mol. The van der Waals surface area contributed by atoms with Gasteiger partial charge in [0.1, 0.15) is 16.8 Å². The second-order valence-corrected chi connectivity index (χ2v) is 6.70. The number of ether oxygens (including phenoxy) is 2. The minimum Gasteiger partial charge on any atom is -0.497 e. The lowest BCUT2D eigenvalue weighted by atomic mass is 10.1. The maximum absolute atomic E-state index is 12.0. The van der Waals surface area contributed by atoms with E-state index in [9.17, 15) is 10.1 Å². The normalized spacial score (nSPS) is 16.6. The van der Waals surface area contributed by atoms with E-state index in [2.05, 4.69) is 16.4 Å². The Morgan fingerprint density at radius 3 is 3.12 bits per heavy atom. The molecule has 0 saturated carbocycles. The van der Waals surface area contributed by atoms with E-state index in [-0.39, 0.29) is 17.8 Å². The molecule has 0 unspecified atom stereocenters. The number of hydrogen-bond acceptors (Lipinski definition) is 6. The average molecular weight is 357 g/mol. The van der Waals surface area contributed by atoms with Crippen molar-refractivity contribution < 1.29 is 14.3 Å². The predicted octanol–water partition coefficient (Wildman–Crippen LogP) is 2.50. The molecule has 0 spiro atoms. The standard InChI is InChI=1S/C18H19N3O3S/c1-23-14-4-5-16-12(8-14)7-13(9-19)18(21-16)25-11-17(22)20-10-15-3-2-6-24-15/h4-5,7-8,15H,2-3,6,10-11H2,1H3,(H,20,22)/t15-/m0/s1. The Bertz CT molecular complexity index is 813. The first-order valence-electron chi connectivity index (χ1n) is 8.09. The molecule has 1 aromatic heterocycles. The van der Waals surface area contributed by atoms with Gasteiger partial charge in [0.05, 0.1) is 30.0 Å². The predicted molar refractivity (Wildman–Crippen MR) is 95.7 cm³/mol. The molecule has 2 heterocycles. The molecule has 1 aromatic carbocycles. The van der Waals surface area contributed by atoms with E-state index in [1.807, 2.05) is 18.2 Å². The molecule has 25 heavy (non-hydrogen) atoms. The molecule has 3 rings (SSSR count). The van der Waals surface area contributed by atoms with Gasteiger partial charge in [-0.3, -0.25) is 4.79 Å². The van der Waals surface area contributed by atoms with Crippen LogP contribution in [0.25, 0.3) is 10.9 Å². The summed E-state index contributed by atoms with van der Waals surface area (Å²) < 4.78 is 10.7. The van der Waals surface area contributed by atoms with Crippen LogP contribution in [-0.2, 0) is 9.53 Å². The first kappa shape index (κ1) is 17.5. The number of hydrogen-bond donors (Lipinski definition) is 1. The zero-order chi connectivity index (χ0) is 17.6. The van der Waals surface area contributed by atoms with Crippen LogP contribution in [0.1, 0.15) is 18.4 Å². The number of nitrogens with one attached hydrogen (secondary N) is 1. The van der Waals surface area contributed by atoms with Crippen molar-refractivity contribution >= 4 is 28.6 Å². The van der Waals surface area contributed by atoms with Gasteiger partial charge in [0.2, 0.25) is 5.91 Å². The summed E-state index contributed by atoms with van der Waals surface area (Å²) in [5.74, 6) is 0.851. The number of pyridine rings is 1. The van der Waals surface area contributed by atoms with Gasteiger partial charge in [-0.1, -0.05) is 11.8 Å². The van der Waals surface area contributed by atoms with Gasteiger partial charge in [-0.2, -0.15) is 5.26 Å². The van der Waals surface area contributed by atoms with Crippen LogP contribution < -0.4 is 10.1 Å². The van der Waals surface area contributed by atoms with E-state index >= 15 is 0 Å². The number of thioether (sulfide) groups is 1. The Kier molecular flexibility index (Phi) is 5.74. The molecule has 130 valence electrons. The van der Waals surface area contributed by atoms with E-state index in [4.69, 9.17) is 9.47 Å². The zero-order valence-corrected chi connectivity index (χ0v) is 14.8. The number of methoxy groups -OCH3 is 1. The third-order valence-corrected chi connectivity index (χ3v) is 4.99. The summed E-state index contributed by atoms with van der Waals surface area (Å²) in [6.45, 7) is 1.31. The van der Waals surface area contributed by atoms with Crippen LogP contribution in [0.4, 0.5) is 0 Å². The maximum atomic E-state index is 12.0. The fourth-order valence-electron chi connectivity index (χ4n) is 2.67. The largest absolute Gasteiger partial charge is 0.497 e. The quantitative estimate of drug-likeness (QED) is 0.800. The van der Waals surface area contributed by atoms with Crippen LogP contribution in [-0.4, -0.2) is 43.0 Å². The highest BCUT2D eigenvalue weighted by Gasteiger charge is 2.16. The van der Waals surface area contributed by atoms with Crippen LogP contribution in [0.5, 0.6) is 5.75 Å². The van der Waals surface area contributed by atoms with E-state index in [0.717, 1.165) is 30.4 Å². The van der Waals surface area contributed by atoms with Crippen molar-refractivity contribution in [3.63, 3.8) is 0 Å². The summed E-state index contributed by atoms with van der Waals surface area (Å²) in [5, 5.41) is 13.6. The topological polar surface area (TPSA) is 84.2 Å². The molecule has 2 aromatic rings. The second-order valence-electron chi connectivity index (χ2n) is 5.74. The van der Waals surface area contributed by atoms with Gasteiger partial charge in [-0.25, -0.2) is 4.98 Å². The summed E-state index contributed by atoms with van der Waals surface area (Å²) in [6, 6.07) is 9.43. The third-order valence-electron chi connectivity index (χ3n) is 4.00. The number of nitrogens with zero attached hydrogens (tertiary/aromatic N) is 2. The molecule has 0 bridgehead atoms. The molecule has 6 nitrogen and oxygen atoms in total. The van der Waals surface area contributed by atoms with Gasteiger partial charge in [-0.15, -0.1) is 0 Å². The van der Waals surface area contributed by atoms with Gasteiger partial charge in [0.25, 0.3) is 0 Å². The van der Waals surface area contributed by atoms with Gasteiger partial charge >= 0.3 is 0 Å². The summed E-state index contributed by atoms with van der Waals surface area (Å²) in [6.07, 6.45) is 2.16. The van der Waals surface area contributed by atoms with Gasteiger partial charge in [0.15, 0.2) is 0 Å². The lowest BCUT2D eigenvalue weighted by molar-refractivity contribution is -0.119. The lowest BCUT2D eigenvalue weighted by Crippen LogP contribution is -2.32. The number of carbonyl (C=O) groups is 1. The van der Waals surface area contributed by atoms with E-state index < -0.39 is 0 Å². The number of benzene rings is 1. The minimum atomic E-state index is -0.0824. The van der Waals surface area contributed by atoms with Gasteiger partial charge in [0, 0.05) is 18.5 Å². The molecule has 1 aliphatic heterocycles. The number of carbonyl (C=O) groups excluding carboxylic acids is 1. The highest BCUT2D eigenvalue weighted by molar-refractivity contribution is 8.00. The van der Waals surface area contributed by atoms with Crippen LogP contribution in [0.15, 0.2) is 29.3 Å². The Hall–Kier alpha value is -2.30. The van der Waals surface area contributed by atoms with Crippen molar-refractivity contribution in [1.29, 1.82) is 5.26 Å². The Labute approximate surface area is 150 Å². The zero-order valence-electron chi connectivity index (χ0n) is 13.9. The van der Waals surface area contributed by atoms with E-state index in [1.165, 1.54) is 11.8 Å². The Balaban J connectivity index is 1.65. The van der Waals surface area contributed by atoms with E-state index in [0.29, 0.717) is 22.9 Å². The minimum absolute atomic E-state index is 0.0824. The Morgan fingerprint density at radius 1 is 1.52 bits per heavy atom. The monoisotopic (exact) mass is 357 g/mol. The number of nitriles is 1. The second kappa shape index (κ2) is 8.19. The molecule has 0 aliphatic carbocycles. The summed E-state index contributed by atoms with van der Waals surface area (Å²) in [5.41, 5.74) is 1.22. The highest BCUT2D eigenvalue weighted by atomic mass is 32.2. The number of rotatable bonds is 6. The van der Waals surface area contributed by atoms with Crippen LogP contribution in [0.2, 0.25) is 0 Å². The number of fused-ring (bicyclic) bond motifs is 1. The lowest BCUT2D eigenvalue weighted by Gasteiger charge is -2.11. The first-order valence-corrected chi connectivity index (χ1v) is 9.08. The smallest absolute Gasteiger partial charge is 0.230 e. The molecule has 1 fully saturated rings. The van der Waals surface area contributed by atoms with Crippen molar-refractivity contribution in [2.24, 2.45) is 0 Å². The van der Waals surface area contributed by atoms with Crippen molar-refractivity contribution in [3.8, 4) is 11.8 Å². The van der Waals surface area contributed by atoms with E-state index in [1.54, 1.807) is 13.2 Å². The van der Waals surface area contributed by atoms with Crippen LogP contribution in [0.3, 0.4) is 0 Å². The molecule has 7 heteroatoms. The van der Waals surface area contributed by atoms with Crippen LogP contribution >= 0.6 is 11.8 Å². The number of amides is 1. The third kappa shape index (κ3) is 4.41.